The lowest BCUT2D eigenvalue weighted by Gasteiger charge is -2.35. The fraction of sp³-hybridized carbons (Fsp3) is 0.628. The number of carbonyl (C=O) groups excluding carboxylic acids is 4. The van der Waals surface area contributed by atoms with E-state index in [0.717, 1.165) is 62.5 Å². The van der Waals surface area contributed by atoms with Crippen molar-refractivity contribution in [3.05, 3.63) is 71.8 Å². The van der Waals surface area contributed by atoms with Gasteiger partial charge in [0.2, 0.25) is 11.8 Å². The molecule has 11 heteroatoms. The van der Waals surface area contributed by atoms with Gasteiger partial charge in [-0.05, 0) is 104 Å². The van der Waals surface area contributed by atoms with E-state index in [0.29, 0.717) is 12.8 Å². The van der Waals surface area contributed by atoms with Crippen LogP contribution in [0.1, 0.15) is 117 Å². The van der Waals surface area contributed by atoms with Gasteiger partial charge in [0, 0.05) is 23.9 Å². The molecular weight excluding hydrogens is 684 g/mol. The van der Waals surface area contributed by atoms with Crippen molar-refractivity contribution in [2.75, 3.05) is 0 Å². The van der Waals surface area contributed by atoms with Gasteiger partial charge < -0.3 is 35.8 Å². The molecule has 0 heterocycles. The second-order valence-corrected chi connectivity index (χ2v) is 17.2. The van der Waals surface area contributed by atoms with Crippen LogP contribution in [0.3, 0.4) is 0 Å². The highest BCUT2D eigenvalue weighted by molar-refractivity contribution is 5.80. The van der Waals surface area contributed by atoms with Crippen molar-refractivity contribution in [1.29, 1.82) is 0 Å². The molecule has 0 aromatic heterocycles. The molecule has 2 fully saturated rings. The molecule has 0 radical (unpaired) electrons. The molecule has 0 unspecified atom stereocenters. The van der Waals surface area contributed by atoms with Crippen LogP contribution in [0.15, 0.2) is 60.7 Å². The van der Waals surface area contributed by atoms with Gasteiger partial charge in [0.05, 0.1) is 18.2 Å². The quantitative estimate of drug-likeness (QED) is 0.143. The van der Waals surface area contributed by atoms with Crippen molar-refractivity contribution in [1.82, 2.24) is 21.3 Å². The topological polar surface area (TPSA) is 155 Å². The fourth-order valence-electron chi connectivity index (χ4n) is 7.59. The molecule has 4 rings (SSSR count). The highest BCUT2D eigenvalue weighted by atomic mass is 16.6. The van der Waals surface area contributed by atoms with Crippen molar-refractivity contribution in [3.63, 3.8) is 0 Å². The minimum Gasteiger partial charge on any atom is -0.444 e. The van der Waals surface area contributed by atoms with Crippen LogP contribution in [-0.4, -0.2) is 70.6 Å². The van der Waals surface area contributed by atoms with E-state index >= 15 is 0 Å². The van der Waals surface area contributed by atoms with Gasteiger partial charge in [-0.1, -0.05) is 86.3 Å². The lowest BCUT2D eigenvalue weighted by atomic mass is 9.85. The van der Waals surface area contributed by atoms with E-state index in [-0.39, 0.29) is 48.8 Å². The Morgan fingerprint density at radius 1 is 0.574 bits per heavy atom. The third-order valence-corrected chi connectivity index (χ3v) is 10.1. The summed E-state index contributed by atoms with van der Waals surface area (Å²) in [5.41, 5.74) is 0.657. The van der Waals surface area contributed by atoms with E-state index < -0.39 is 41.3 Å². The Hall–Kier alpha value is -4.12. The van der Waals surface area contributed by atoms with Gasteiger partial charge in [0.15, 0.2) is 0 Å². The zero-order chi connectivity index (χ0) is 39.3. The third kappa shape index (κ3) is 15.0. The number of benzene rings is 2. The van der Waals surface area contributed by atoms with Gasteiger partial charge in [-0.2, -0.15) is 0 Å². The molecule has 0 saturated heterocycles. The summed E-state index contributed by atoms with van der Waals surface area (Å²) in [5.74, 6) is -1.54. The monoisotopic (exact) mass is 748 g/mol. The number of hydrogen-bond acceptors (Lipinski definition) is 7. The minimum atomic E-state index is -0.951. The average molecular weight is 749 g/mol. The minimum absolute atomic E-state index is 0.155. The first kappa shape index (κ1) is 42.6. The van der Waals surface area contributed by atoms with E-state index in [9.17, 15) is 24.3 Å². The zero-order valence-corrected chi connectivity index (χ0v) is 33.2. The summed E-state index contributed by atoms with van der Waals surface area (Å²) >= 11 is 0. The Kier molecular flexibility index (Phi) is 15.8. The number of ether oxygens (including phenoxy) is 2. The highest BCUT2D eigenvalue weighted by Crippen LogP contribution is 2.26. The van der Waals surface area contributed by atoms with E-state index in [4.69, 9.17) is 9.47 Å². The number of alkyl carbamates (subject to hydrolysis) is 2. The van der Waals surface area contributed by atoms with Gasteiger partial charge in [0.1, 0.15) is 11.2 Å². The van der Waals surface area contributed by atoms with Crippen LogP contribution in [0.5, 0.6) is 0 Å². The Morgan fingerprint density at radius 2 is 0.889 bits per heavy atom. The first-order valence-electron chi connectivity index (χ1n) is 19.9. The lowest BCUT2D eigenvalue weighted by Crippen LogP contribution is -2.55. The summed E-state index contributed by atoms with van der Waals surface area (Å²) in [6.45, 7) is 10.9. The molecule has 11 nitrogen and oxygen atoms in total. The average Bonchev–Trinajstić information content (AvgIpc) is 3.08. The summed E-state index contributed by atoms with van der Waals surface area (Å²) in [6, 6.07) is 18.4. The maximum absolute atomic E-state index is 14.1. The van der Waals surface area contributed by atoms with Crippen molar-refractivity contribution >= 4 is 24.0 Å². The Bertz CT molecular complexity index is 1380. The van der Waals surface area contributed by atoms with Gasteiger partial charge in [0.25, 0.3) is 0 Å². The van der Waals surface area contributed by atoms with E-state index in [1.54, 1.807) is 0 Å². The largest absolute Gasteiger partial charge is 0.444 e. The van der Waals surface area contributed by atoms with Crippen molar-refractivity contribution in [3.8, 4) is 0 Å². The molecule has 4 amide bonds. The van der Waals surface area contributed by atoms with Crippen LogP contribution < -0.4 is 21.3 Å². The number of nitrogens with one attached hydrogen (secondary N) is 4. The van der Waals surface area contributed by atoms with Crippen LogP contribution in [0.4, 0.5) is 9.59 Å². The van der Waals surface area contributed by atoms with Gasteiger partial charge in [-0.25, -0.2) is 9.59 Å². The Balaban J connectivity index is 1.48. The fourth-order valence-corrected chi connectivity index (χ4v) is 7.59. The molecule has 5 N–H and O–H groups in total. The summed E-state index contributed by atoms with van der Waals surface area (Å²) < 4.78 is 11.0. The third-order valence-electron chi connectivity index (χ3n) is 10.1. The number of aliphatic hydroxyl groups excluding tert-OH is 1. The summed E-state index contributed by atoms with van der Waals surface area (Å²) in [4.78, 5) is 53.6. The molecule has 2 aliphatic rings. The standard InChI is InChI=1S/C43H64N4O7/c1-42(2,3)53-40(51)46-36-23-15-13-21-34(36)44-38(49)31(25-29-17-9-7-10-18-29)27-33(48)28-32(26-30-19-11-8-12-20-30)39(50)45-35-22-14-16-24-37(35)47-41(52)54-43(4,5)6/h7-12,17-20,31-37,48H,13-16,21-28H2,1-6H3,(H,44,49)(H,45,50)(H,46,51)(H,47,52)/t31-,32-,34+,35+,36+,37+/m1/s1. The second-order valence-electron chi connectivity index (χ2n) is 17.2. The molecular formula is C43H64N4O7. The first-order chi connectivity index (χ1) is 25.5. The molecule has 2 aromatic rings. The zero-order valence-electron chi connectivity index (χ0n) is 33.2. The predicted molar refractivity (Wildman–Crippen MR) is 210 cm³/mol. The number of hydrogen-bond donors (Lipinski definition) is 5. The maximum atomic E-state index is 14.1. The molecule has 0 spiro atoms. The molecule has 54 heavy (non-hydrogen) atoms. The normalized spacial score (nSPS) is 21.6. The van der Waals surface area contributed by atoms with E-state index in [1.165, 1.54) is 0 Å². The lowest BCUT2D eigenvalue weighted by molar-refractivity contribution is -0.128. The van der Waals surface area contributed by atoms with Crippen LogP contribution >= 0.6 is 0 Å². The van der Waals surface area contributed by atoms with Crippen LogP contribution in [0.2, 0.25) is 0 Å². The Labute approximate surface area is 322 Å². The van der Waals surface area contributed by atoms with Crippen molar-refractivity contribution in [2.24, 2.45) is 11.8 Å². The molecule has 2 aromatic carbocycles. The molecule has 0 aliphatic heterocycles. The SMILES string of the molecule is CC(C)(C)OC(=O)N[C@H]1CCCC[C@@H]1NC(=O)[C@H](Cc1ccccc1)CC(O)C[C@@H](Cc1ccccc1)C(=O)N[C@H]1CCCC[C@@H]1NC(=O)OC(C)(C)C. The maximum Gasteiger partial charge on any atom is 0.407 e. The van der Waals surface area contributed by atoms with Gasteiger partial charge in [-0.3, -0.25) is 9.59 Å². The van der Waals surface area contributed by atoms with E-state index in [2.05, 4.69) is 21.3 Å². The van der Waals surface area contributed by atoms with Crippen molar-refractivity contribution in [2.45, 2.75) is 160 Å². The smallest absolute Gasteiger partial charge is 0.407 e. The molecule has 2 saturated carbocycles. The second kappa shape index (κ2) is 20.0. The molecule has 2 aliphatic carbocycles. The summed E-state index contributed by atoms with van der Waals surface area (Å²) in [5, 5.41) is 24.1. The number of amides is 4. The number of carbonyl (C=O) groups is 4. The van der Waals surface area contributed by atoms with E-state index in [1.807, 2.05) is 102 Å². The molecule has 298 valence electrons. The predicted octanol–water partition coefficient (Wildman–Crippen LogP) is 6.75. The molecule has 0 bridgehead atoms. The van der Waals surface area contributed by atoms with Crippen LogP contribution in [0.25, 0.3) is 0 Å². The van der Waals surface area contributed by atoms with Gasteiger partial charge >= 0.3 is 12.2 Å². The highest BCUT2D eigenvalue weighted by Gasteiger charge is 2.35. The molecule has 6 atom stereocenters. The summed E-state index contributed by atoms with van der Waals surface area (Å²) in [7, 11) is 0. The first-order valence-corrected chi connectivity index (χ1v) is 19.9. The number of rotatable bonds is 14. The Morgan fingerprint density at radius 3 is 1.20 bits per heavy atom. The summed E-state index contributed by atoms with van der Waals surface area (Å²) in [6.07, 6.45) is 5.78. The van der Waals surface area contributed by atoms with Crippen LogP contribution in [0, 0.1) is 11.8 Å². The van der Waals surface area contributed by atoms with Gasteiger partial charge in [-0.15, -0.1) is 0 Å². The number of aliphatic hydroxyl groups is 1. The van der Waals surface area contributed by atoms with Crippen molar-refractivity contribution < 1.29 is 33.8 Å². The van der Waals surface area contributed by atoms with Crippen LogP contribution in [-0.2, 0) is 31.9 Å².